The minimum Gasteiger partial charge on any atom is -0.454 e. The maximum atomic E-state index is 13.4. The minimum atomic E-state index is -0.0794. The Hall–Kier alpha value is -2.80. The second-order valence-corrected chi connectivity index (χ2v) is 9.63. The van der Waals surface area contributed by atoms with Crippen molar-refractivity contribution in [1.29, 1.82) is 0 Å². The number of unbranched alkanes of at least 4 members (excludes halogenated alkanes) is 5. The molecule has 34 heavy (non-hydrogen) atoms. The second kappa shape index (κ2) is 13.8. The van der Waals surface area contributed by atoms with Gasteiger partial charge in [-0.05, 0) is 35.6 Å². The number of carbonyl (C=O) groups excluding carboxylic acids is 2. The molecule has 0 bridgehead atoms. The predicted octanol–water partition coefficient (Wildman–Crippen LogP) is 5.77. The number of ether oxygens (including phenoxy) is 2. The Bertz CT molecular complexity index is 929. The lowest BCUT2D eigenvalue weighted by Gasteiger charge is -2.27. The molecule has 3 rings (SSSR count). The van der Waals surface area contributed by atoms with Crippen LogP contribution in [-0.4, -0.2) is 41.5 Å². The first kappa shape index (κ1) is 25.8. The summed E-state index contributed by atoms with van der Waals surface area (Å²) in [5.41, 5.74) is 0.961. The highest BCUT2D eigenvalue weighted by Crippen LogP contribution is 2.33. The van der Waals surface area contributed by atoms with Gasteiger partial charge in [-0.2, -0.15) is 0 Å². The molecule has 0 unspecified atom stereocenters. The second-order valence-electron chi connectivity index (χ2n) is 8.60. The van der Waals surface area contributed by atoms with Crippen molar-refractivity contribution in [3.63, 3.8) is 0 Å². The molecule has 2 aromatic rings. The van der Waals surface area contributed by atoms with Crippen molar-refractivity contribution < 1.29 is 19.1 Å². The zero-order valence-corrected chi connectivity index (χ0v) is 21.0. The van der Waals surface area contributed by atoms with E-state index in [1.54, 1.807) is 27.2 Å². The van der Waals surface area contributed by atoms with Crippen molar-refractivity contribution >= 4 is 23.2 Å². The topological polar surface area (TPSA) is 59.1 Å². The third-order valence-corrected chi connectivity index (χ3v) is 6.72. The smallest absolute Gasteiger partial charge is 0.242 e. The van der Waals surface area contributed by atoms with Crippen LogP contribution >= 0.6 is 11.3 Å². The molecule has 0 fully saturated rings. The fraction of sp³-hybridized carbons (Fsp3) is 0.481. The highest BCUT2D eigenvalue weighted by atomic mass is 32.1. The Morgan fingerprint density at radius 2 is 1.79 bits per heavy atom. The first-order valence-corrected chi connectivity index (χ1v) is 13.1. The maximum Gasteiger partial charge on any atom is 0.242 e. The average molecular weight is 485 g/mol. The summed E-state index contributed by atoms with van der Waals surface area (Å²) in [4.78, 5) is 30.8. The summed E-state index contributed by atoms with van der Waals surface area (Å²) in [5, 5.41) is 2.01. The van der Waals surface area contributed by atoms with Gasteiger partial charge in [-0.15, -0.1) is 17.9 Å². The molecule has 0 N–H and O–H groups in total. The number of carbonyl (C=O) groups is 2. The van der Waals surface area contributed by atoms with Crippen LogP contribution in [0.15, 0.2) is 48.4 Å². The first-order chi connectivity index (χ1) is 16.6. The number of fused-ring (bicyclic) bond motifs is 1. The third kappa shape index (κ3) is 7.90. The van der Waals surface area contributed by atoms with Crippen LogP contribution in [0.4, 0.5) is 0 Å². The first-order valence-electron chi connectivity index (χ1n) is 12.2. The van der Waals surface area contributed by atoms with E-state index in [0.717, 1.165) is 35.5 Å². The van der Waals surface area contributed by atoms with Gasteiger partial charge in [0.15, 0.2) is 11.5 Å². The highest BCUT2D eigenvalue weighted by Gasteiger charge is 2.22. The molecule has 0 saturated heterocycles. The molecule has 1 aromatic heterocycles. The molecule has 0 radical (unpaired) electrons. The summed E-state index contributed by atoms with van der Waals surface area (Å²) < 4.78 is 10.9. The average Bonchev–Trinajstić information content (AvgIpc) is 3.52. The third-order valence-electron chi connectivity index (χ3n) is 5.86. The quantitative estimate of drug-likeness (QED) is 0.238. The van der Waals surface area contributed by atoms with Crippen molar-refractivity contribution in [1.82, 2.24) is 9.80 Å². The van der Waals surface area contributed by atoms with E-state index in [1.165, 1.54) is 19.3 Å². The molecule has 6 nitrogen and oxygen atoms in total. The highest BCUT2D eigenvalue weighted by molar-refractivity contribution is 7.09. The van der Waals surface area contributed by atoms with Crippen LogP contribution in [0.5, 0.6) is 11.5 Å². The number of nitrogens with zero attached hydrogens (tertiary/aromatic N) is 2. The Labute approximate surface area is 207 Å². The summed E-state index contributed by atoms with van der Waals surface area (Å²) >= 11 is 1.62. The van der Waals surface area contributed by atoms with Crippen molar-refractivity contribution in [2.75, 3.05) is 19.9 Å². The summed E-state index contributed by atoms with van der Waals surface area (Å²) in [5.74, 6) is 1.35. The predicted molar refractivity (Wildman–Crippen MR) is 136 cm³/mol. The summed E-state index contributed by atoms with van der Waals surface area (Å²) in [6.45, 7) is 7.55. The van der Waals surface area contributed by atoms with Gasteiger partial charge >= 0.3 is 0 Å². The van der Waals surface area contributed by atoms with Crippen LogP contribution < -0.4 is 9.47 Å². The molecular weight excluding hydrogens is 448 g/mol. The van der Waals surface area contributed by atoms with E-state index < -0.39 is 0 Å². The standard InChI is InChI=1S/C27H36N2O4S/c1-3-5-6-7-8-9-12-26(30)28(15-4-2)20-27(31)29(19-23-11-10-16-34-23)18-22-13-14-24-25(17-22)33-21-32-24/h4,10-11,13-14,16-17H,2-3,5-9,12,15,18-21H2,1H3. The van der Waals surface area contributed by atoms with E-state index in [-0.39, 0.29) is 25.2 Å². The van der Waals surface area contributed by atoms with Gasteiger partial charge in [0.1, 0.15) is 6.54 Å². The van der Waals surface area contributed by atoms with E-state index in [0.29, 0.717) is 31.8 Å². The van der Waals surface area contributed by atoms with Gasteiger partial charge in [-0.3, -0.25) is 9.59 Å². The zero-order valence-electron chi connectivity index (χ0n) is 20.2. The van der Waals surface area contributed by atoms with E-state index in [2.05, 4.69) is 13.5 Å². The number of amides is 2. The SMILES string of the molecule is C=CCN(CC(=O)N(Cc1ccc2c(c1)OCO2)Cc1cccs1)C(=O)CCCCCCCC. The molecule has 1 aliphatic rings. The van der Waals surface area contributed by atoms with Gasteiger partial charge in [0.05, 0.1) is 6.54 Å². The Kier molecular flexibility index (Phi) is 10.5. The Balaban J connectivity index is 1.62. The van der Waals surface area contributed by atoms with Gasteiger partial charge in [-0.25, -0.2) is 0 Å². The van der Waals surface area contributed by atoms with Crippen LogP contribution in [0.1, 0.15) is 62.3 Å². The lowest BCUT2D eigenvalue weighted by Crippen LogP contribution is -2.42. The molecule has 0 aliphatic carbocycles. The number of thiophene rings is 1. The normalized spacial score (nSPS) is 11.9. The van der Waals surface area contributed by atoms with Gasteiger partial charge in [0.2, 0.25) is 18.6 Å². The molecule has 2 heterocycles. The molecule has 7 heteroatoms. The van der Waals surface area contributed by atoms with Crippen LogP contribution in [0, 0.1) is 0 Å². The molecule has 184 valence electrons. The van der Waals surface area contributed by atoms with E-state index in [9.17, 15) is 9.59 Å². The van der Waals surface area contributed by atoms with Gasteiger partial charge in [-0.1, -0.05) is 57.2 Å². The molecule has 1 aliphatic heterocycles. The van der Waals surface area contributed by atoms with E-state index in [4.69, 9.17) is 9.47 Å². The molecule has 0 atom stereocenters. The van der Waals surface area contributed by atoms with Crippen molar-refractivity contribution in [3.8, 4) is 11.5 Å². The van der Waals surface area contributed by atoms with Gasteiger partial charge < -0.3 is 19.3 Å². The zero-order chi connectivity index (χ0) is 24.2. The lowest BCUT2D eigenvalue weighted by atomic mass is 10.1. The lowest BCUT2D eigenvalue weighted by molar-refractivity contribution is -0.140. The number of hydrogen-bond donors (Lipinski definition) is 0. The monoisotopic (exact) mass is 484 g/mol. The molecule has 1 aromatic carbocycles. The Morgan fingerprint density at radius 3 is 2.56 bits per heavy atom. The minimum absolute atomic E-state index is 0.0166. The number of benzene rings is 1. The van der Waals surface area contributed by atoms with Crippen LogP contribution in [0.3, 0.4) is 0 Å². The summed E-state index contributed by atoms with van der Waals surface area (Å²) in [7, 11) is 0. The summed E-state index contributed by atoms with van der Waals surface area (Å²) in [6.07, 6.45) is 8.91. The van der Waals surface area contributed by atoms with Crippen molar-refractivity contribution in [3.05, 3.63) is 58.8 Å². The van der Waals surface area contributed by atoms with E-state index >= 15 is 0 Å². The number of rotatable bonds is 15. The van der Waals surface area contributed by atoms with Crippen LogP contribution in [-0.2, 0) is 22.7 Å². The van der Waals surface area contributed by atoms with E-state index in [1.807, 2.05) is 35.7 Å². The van der Waals surface area contributed by atoms with Crippen LogP contribution in [0.2, 0.25) is 0 Å². The molecule has 2 amide bonds. The van der Waals surface area contributed by atoms with Crippen molar-refractivity contribution in [2.24, 2.45) is 0 Å². The fourth-order valence-electron chi connectivity index (χ4n) is 3.97. The fourth-order valence-corrected chi connectivity index (χ4v) is 4.69. The van der Waals surface area contributed by atoms with Gasteiger partial charge in [0, 0.05) is 24.4 Å². The molecule has 0 saturated carbocycles. The van der Waals surface area contributed by atoms with Crippen LogP contribution in [0.25, 0.3) is 0 Å². The molecular formula is C27H36N2O4S. The Morgan fingerprint density at radius 1 is 1.00 bits per heavy atom. The largest absolute Gasteiger partial charge is 0.454 e. The number of hydrogen-bond acceptors (Lipinski definition) is 5. The summed E-state index contributed by atoms with van der Waals surface area (Å²) in [6, 6.07) is 9.75. The van der Waals surface area contributed by atoms with Crippen molar-refractivity contribution in [2.45, 2.75) is 65.0 Å². The van der Waals surface area contributed by atoms with Gasteiger partial charge in [0.25, 0.3) is 0 Å². The maximum absolute atomic E-state index is 13.4. The molecule has 0 spiro atoms.